The highest BCUT2D eigenvalue weighted by Gasteiger charge is 2.20. The first-order valence-corrected chi connectivity index (χ1v) is 10.8. The lowest BCUT2D eigenvalue weighted by Gasteiger charge is -2.17. The van der Waals surface area contributed by atoms with Crippen LogP contribution in [0.5, 0.6) is 5.75 Å². The summed E-state index contributed by atoms with van der Waals surface area (Å²) in [7, 11) is 1.62. The molecule has 0 aliphatic heterocycles. The van der Waals surface area contributed by atoms with Crippen molar-refractivity contribution >= 4 is 27.5 Å². The van der Waals surface area contributed by atoms with Crippen molar-refractivity contribution in [1.82, 2.24) is 14.9 Å². The highest BCUT2D eigenvalue weighted by molar-refractivity contribution is 7.18. The number of methoxy groups -OCH3 is 1. The zero-order valence-electron chi connectivity index (χ0n) is 16.7. The summed E-state index contributed by atoms with van der Waals surface area (Å²) in [5, 5.41) is 3.75. The maximum absolute atomic E-state index is 13.0. The Labute approximate surface area is 173 Å². The van der Waals surface area contributed by atoms with Crippen LogP contribution in [-0.2, 0) is 24.2 Å². The van der Waals surface area contributed by atoms with Crippen molar-refractivity contribution in [2.24, 2.45) is 0 Å². The zero-order valence-corrected chi connectivity index (χ0v) is 17.6. The predicted octanol–water partition coefficient (Wildman–Crippen LogP) is 3.61. The van der Waals surface area contributed by atoms with E-state index in [-0.39, 0.29) is 23.9 Å². The van der Waals surface area contributed by atoms with E-state index in [2.05, 4.69) is 10.3 Å². The number of rotatable bonds is 6. The first-order valence-electron chi connectivity index (χ1n) is 10.0. The summed E-state index contributed by atoms with van der Waals surface area (Å²) in [4.78, 5) is 32.1. The summed E-state index contributed by atoms with van der Waals surface area (Å²) in [6, 6.07) is 7.45. The van der Waals surface area contributed by atoms with E-state index in [1.165, 1.54) is 16.9 Å². The number of nitrogens with one attached hydrogen (secondary N) is 1. The van der Waals surface area contributed by atoms with Gasteiger partial charge in [0.2, 0.25) is 5.91 Å². The van der Waals surface area contributed by atoms with E-state index < -0.39 is 0 Å². The Morgan fingerprint density at radius 3 is 2.93 bits per heavy atom. The molecule has 1 amide bonds. The second-order valence-corrected chi connectivity index (χ2v) is 8.50. The number of para-hydroxylation sites is 1. The van der Waals surface area contributed by atoms with Crippen molar-refractivity contribution in [1.29, 1.82) is 0 Å². The quantitative estimate of drug-likeness (QED) is 0.672. The summed E-state index contributed by atoms with van der Waals surface area (Å²) in [5.74, 6) is 0.635. The Kier molecular flexibility index (Phi) is 5.67. The minimum absolute atomic E-state index is 0.0278. The predicted molar refractivity (Wildman–Crippen MR) is 115 cm³/mol. The molecule has 1 aromatic carbocycles. The molecule has 0 saturated heterocycles. The topological polar surface area (TPSA) is 73.2 Å². The summed E-state index contributed by atoms with van der Waals surface area (Å²) < 4.78 is 6.93. The SMILES string of the molecule is COc1ccccc1[C@@H](C)NC(=O)CCn1cnc2sc3c(c2c1=O)CCCC3. The van der Waals surface area contributed by atoms with Crippen LogP contribution in [0.1, 0.15) is 48.2 Å². The molecule has 0 radical (unpaired) electrons. The van der Waals surface area contributed by atoms with Crippen LogP contribution in [0.4, 0.5) is 0 Å². The standard InChI is InChI=1S/C22H25N3O3S/c1-14(15-7-3-5-9-17(15)28-2)24-19(26)11-12-25-13-23-21-20(22(25)27)16-8-4-6-10-18(16)29-21/h3,5,7,9,13-14H,4,6,8,10-12H2,1-2H3,(H,24,26)/t14-/m1/s1. The van der Waals surface area contributed by atoms with Crippen molar-refractivity contribution in [3.63, 3.8) is 0 Å². The van der Waals surface area contributed by atoms with Gasteiger partial charge in [-0.3, -0.25) is 14.2 Å². The number of ether oxygens (including phenoxy) is 1. The molecule has 1 atom stereocenters. The monoisotopic (exact) mass is 411 g/mol. The number of fused-ring (bicyclic) bond motifs is 3. The highest BCUT2D eigenvalue weighted by atomic mass is 32.1. The van der Waals surface area contributed by atoms with Crippen molar-refractivity contribution < 1.29 is 9.53 Å². The lowest BCUT2D eigenvalue weighted by Crippen LogP contribution is -2.29. The van der Waals surface area contributed by atoms with E-state index in [4.69, 9.17) is 4.74 Å². The van der Waals surface area contributed by atoms with Gasteiger partial charge in [0.05, 0.1) is 24.9 Å². The number of hydrogen-bond acceptors (Lipinski definition) is 5. The van der Waals surface area contributed by atoms with Gasteiger partial charge < -0.3 is 10.1 Å². The van der Waals surface area contributed by atoms with Crippen LogP contribution in [0.3, 0.4) is 0 Å². The molecule has 29 heavy (non-hydrogen) atoms. The fourth-order valence-corrected chi connectivity index (χ4v) is 5.20. The molecule has 2 heterocycles. The molecule has 152 valence electrons. The van der Waals surface area contributed by atoms with Crippen molar-refractivity contribution in [2.75, 3.05) is 7.11 Å². The summed E-state index contributed by atoms with van der Waals surface area (Å²) in [6.45, 7) is 2.24. The first kappa shape index (κ1) is 19.6. The summed E-state index contributed by atoms with van der Waals surface area (Å²) in [5.41, 5.74) is 2.07. The molecule has 2 aromatic heterocycles. The van der Waals surface area contributed by atoms with Gasteiger partial charge in [-0.15, -0.1) is 11.3 Å². The van der Waals surface area contributed by atoms with Crippen LogP contribution < -0.4 is 15.6 Å². The number of aromatic nitrogens is 2. The van der Waals surface area contributed by atoms with Gasteiger partial charge in [0.15, 0.2) is 0 Å². The molecular weight excluding hydrogens is 386 g/mol. The number of benzene rings is 1. The van der Waals surface area contributed by atoms with Gasteiger partial charge in [0.1, 0.15) is 10.6 Å². The Bertz CT molecular complexity index is 1100. The third kappa shape index (κ3) is 3.92. The molecule has 4 rings (SSSR count). The van der Waals surface area contributed by atoms with Gasteiger partial charge in [0, 0.05) is 23.4 Å². The third-order valence-corrected chi connectivity index (χ3v) is 6.70. The highest BCUT2D eigenvalue weighted by Crippen LogP contribution is 2.33. The average molecular weight is 412 g/mol. The van der Waals surface area contributed by atoms with E-state index in [9.17, 15) is 9.59 Å². The minimum atomic E-state index is -0.181. The molecule has 0 spiro atoms. The number of thiophene rings is 1. The Hall–Kier alpha value is -2.67. The molecule has 1 aliphatic carbocycles. The third-order valence-electron chi connectivity index (χ3n) is 5.50. The maximum atomic E-state index is 13.0. The van der Waals surface area contributed by atoms with Crippen molar-refractivity contribution in [2.45, 2.75) is 51.6 Å². The van der Waals surface area contributed by atoms with Gasteiger partial charge in [-0.1, -0.05) is 18.2 Å². The maximum Gasteiger partial charge on any atom is 0.262 e. The molecule has 0 unspecified atom stereocenters. The van der Waals surface area contributed by atoms with Gasteiger partial charge in [-0.2, -0.15) is 0 Å². The average Bonchev–Trinajstić information content (AvgIpc) is 3.12. The summed E-state index contributed by atoms with van der Waals surface area (Å²) >= 11 is 1.64. The molecule has 1 N–H and O–H groups in total. The molecular formula is C22H25N3O3S. The van der Waals surface area contributed by atoms with Crippen LogP contribution in [-0.4, -0.2) is 22.6 Å². The second kappa shape index (κ2) is 8.37. The van der Waals surface area contributed by atoms with Crippen LogP contribution >= 0.6 is 11.3 Å². The number of aryl methyl sites for hydroxylation is 3. The smallest absolute Gasteiger partial charge is 0.262 e. The van der Waals surface area contributed by atoms with Crippen molar-refractivity contribution in [3.05, 3.63) is 57.0 Å². The van der Waals surface area contributed by atoms with Gasteiger partial charge >= 0.3 is 0 Å². The number of nitrogens with zero attached hydrogens (tertiary/aromatic N) is 2. The lowest BCUT2D eigenvalue weighted by molar-refractivity contribution is -0.122. The van der Waals surface area contributed by atoms with E-state index in [1.807, 2.05) is 31.2 Å². The van der Waals surface area contributed by atoms with E-state index in [0.29, 0.717) is 6.54 Å². The van der Waals surface area contributed by atoms with Gasteiger partial charge in [0.25, 0.3) is 5.56 Å². The largest absolute Gasteiger partial charge is 0.496 e. The number of hydrogen-bond donors (Lipinski definition) is 1. The van der Waals surface area contributed by atoms with Crippen molar-refractivity contribution in [3.8, 4) is 5.75 Å². The van der Waals surface area contributed by atoms with Gasteiger partial charge in [-0.25, -0.2) is 4.98 Å². The van der Waals surface area contributed by atoms with E-state index >= 15 is 0 Å². The fourth-order valence-electron chi connectivity index (χ4n) is 3.98. The van der Waals surface area contributed by atoms with Gasteiger partial charge in [-0.05, 0) is 44.2 Å². The Balaban J connectivity index is 1.46. The number of amides is 1. The molecule has 3 aromatic rings. The molecule has 7 heteroatoms. The molecule has 0 bridgehead atoms. The Morgan fingerprint density at radius 1 is 1.31 bits per heavy atom. The molecule has 6 nitrogen and oxygen atoms in total. The van der Waals surface area contributed by atoms with E-state index in [0.717, 1.165) is 40.8 Å². The van der Waals surface area contributed by atoms with Crippen LogP contribution in [0, 0.1) is 0 Å². The van der Waals surface area contributed by atoms with Crippen LogP contribution in [0.15, 0.2) is 35.4 Å². The van der Waals surface area contributed by atoms with Crippen LogP contribution in [0.2, 0.25) is 0 Å². The van der Waals surface area contributed by atoms with Crippen LogP contribution in [0.25, 0.3) is 10.2 Å². The minimum Gasteiger partial charge on any atom is -0.496 e. The Morgan fingerprint density at radius 2 is 2.10 bits per heavy atom. The van der Waals surface area contributed by atoms with E-state index in [1.54, 1.807) is 29.3 Å². The first-order chi connectivity index (χ1) is 14.1. The fraction of sp³-hybridized carbons (Fsp3) is 0.409. The number of carbonyl (C=O) groups excluding carboxylic acids is 1. The molecule has 0 fully saturated rings. The normalized spacial score (nSPS) is 14.4. The second-order valence-electron chi connectivity index (χ2n) is 7.42. The molecule has 0 saturated carbocycles. The number of carbonyl (C=O) groups is 1. The lowest BCUT2D eigenvalue weighted by atomic mass is 9.97. The molecule has 1 aliphatic rings. The zero-order chi connectivity index (χ0) is 20.4. The summed E-state index contributed by atoms with van der Waals surface area (Å²) in [6.07, 6.45) is 6.09.